The van der Waals surface area contributed by atoms with Crippen molar-refractivity contribution < 1.29 is 66.8 Å². The molecule has 0 atom stereocenters. The third-order valence-electron chi connectivity index (χ3n) is 5.37. The first-order valence-electron chi connectivity index (χ1n) is 13.8. The summed E-state index contributed by atoms with van der Waals surface area (Å²) in [7, 11) is 0. The third kappa shape index (κ3) is 14.1. The maximum atomic E-state index is 12.1. The van der Waals surface area contributed by atoms with Crippen molar-refractivity contribution in [2.75, 3.05) is 50.3 Å². The van der Waals surface area contributed by atoms with Crippen molar-refractivity contribution >= 4 is 59.0 Å². The number of hydrogen-bond donors (Lipinski definition) is 2. The highest BCUT2D eigenvalue weighted by Gasteiger charge is 2.14. The molecule has 0 saturated heterocycles. The molecule has 0 radical (unpaired) electrons. The van der Waals surface area contributed by atoms with Crippen molar-refractivity contribution in [1.82, 2.24) is 0 Å². The van der Waals surface area contributed by atoms with Crippen molar-refractivity contribution in [1.29, 1.82) is 0 Å². The van der Waals surface area contributed by atoms with Gasteiger partial charge in [0.25, 0.3) is 11.8 Å². The molecule has 0 aliphatic rings. The zero-order valence-electron chi connectivity index (χ0n) is 25.0. The highest BCUT2D eigenvalue weighted by atomic mass is 16.6. The molecule has 0 heterocycles. The van der Waals surface area contributed by atoms with Crippen LogP contribution in [0.3, 0.4) is 0 Å². The number of carbonyl (C=O) groups is 8. The number of rotatable bonds is 17. The number of carbonyl (C=O) groups excluding carboxylic acids is 8. The smallest absolute Gasteiger partial charge is 0.344 e. The second-order valence-electron chi connectivity index (χ2n) is 8.87. The summed E-state index contributed by atoms with van der Waals surface area (Å²) in [4.78, 5) is 93.6. The molecule has 16 heteroatoms. The van der Waals surface area contributed by atoms with E-state index in [-0.39, 0.29) is 37.2 Å². The normalized spacial score (nSPS) is 10.0. The Balaban J connectivity index is 1.60. The van der Waals surface area contributed by atoms with Crippen LogP contribution in [-0.4, -0.2) is 87.3 Å². The van der Waals surface area contributed by atoms with Crippen LogP contribution >= 0.6 is 0 Å². The topological polar surface area (TPSA) is 216 Å². The first kappa shape index (κ1) is 36.4. The molecule has 0 unspecified atom stereocenters. The summed E-state index contributed by atoms with van der Waals surface area (Å²) in [5.41, 5.74) is 0.843. The molecule has 46 heavy (non-hydrogen) atoms. The molecule has 0 spiro atoms. The van der Waals surface area contributed by atoms with Crippen LogP contribution in [0.2, 0.25) is 0 Å². The van der Waals surface area contributed by atoms with Crippen LogP contribution < -0.4 is 10.6 Å². The van der Waals surface area contributed by atoms with Crippen molar-refractivity contribution in [3.63, 3.8) is 0 Å². The number of nitrogens with one attached hydrogen (secondary N) is 2. The Hall–Kier alpha value is -5.80. The zero-order chi connectivity index (χ0) is 33.9. The lowest BCUT2D eigenvalue weighted by Crippen LogP contribution is -2.22. The van der Waals surface area contributed by atoms with Crippen LogP contribution in [0, 0.1) is 0 Å². The lowest BCUT2D eigenvalue weighted by Gasteiger charge is -2.09. The number of anilines is 2. The number of ether oxygens (including phenoxy) is 6. The van der Waals surface area contributed by atoms with Crippen LogP contribution in [0.5, 0.6) is 0 Å². The average Bonchev–Trinajstić information content (AvgIpc) is 3.06. The first-order valence-corrected chi connectivity index (χ1v) is 13.8. The van der Waals surface area contributed by atoms with E-state index in [4.69, 9.17) is 28.4 Å². The van der Waals surface area contributed by atoms with Crippen molar-refractivity contribution in [3.05, 3.63) is 59.7 Å². The molecule has 16 nitrogen and oxygen atoms in total. The van der Waals surface area contributed by atoms with E-state index in [0.29, 0.717) is 11.4 Å². The van der Waals surface area contributed by atoms with Crippen LogP contribution in [0.1, 0.15) is 47.4 Å². The van der Waals surface area contributed by atoms with Gasteiger partial charge in [-0.25, -0.2) is 19.2 Å². The molecule has 2 aromatic rings. The Kier molecular flexibility index (Phi) is 15.4. The predicted octanol–water partition coefficient (Wildman–Crippen LogP) is 1.57. The summed E-state index contributed by atoms with van der Waals surface area (Å²) in [6, 6.07) is 11.0. The quantitative estimate of drug-likeness (QED) is 0.142. The monoisotopic (exact) mass is 644 g/mol. The van der Waals surface area contributed by atoms with E-state index in [1.54, 1.807) is 13.8 Å². The number of amides is 2. The number of benzene rings is 2. The summed E-state index contributed by atoms with van der Waals surface area (Å²) in [5.74, 6) is -5.67. The highest BCUT2D eigenvalue weighted by Crippen LogP contribution is 2.12. The zero-order valence-corrected chi connectivity index (χ0v) is 25.0. The SMILES string of the molecule is CCC(=O)OCC(=O)Nc1ccc(C(=O)OCC(=O)OCCOC(=O)COC(=O)c2ccc(NC(=O)COC(=O)CC)cc2)cc1. The van der Waals surface area contributed by atoms with E-state index in [1.807, 2.05) is 0 Å². The largest absolute Gasteiger partial charge is 0.460 e. The van der Waals surface area contributed by atoms with Crippen molar-refractivity contribution in [2.24, 2.45) is 0 Å². The molecule has 0 saturated carbocycles. The molecule has 2 aromatic carbocycles. The van der Waals surface area contributed by atoms with Crippen LogP contribution in [0.4, 0.5) is 11.4 Å². The Labute approximate surface area is 262 Å². The summed E-state index contributed by atoms with van der Waals surface area (Å²) < 4.78 is 28.8. The Bertz CT molecular complexity index is 1300. The highest BCUT2D eigenvalue weighted by molar-refractivity contribution is 5.95. The van der Waals surface area contributed by atoms with Gasteiger partial charge in [0.2, 0.25) is 0 Å². The number of esters is 6. The van der Waals surface area contributed by atoms with Crippen LogP contribution in [-0.2, 0) is 57.2 Å². The second-order valence-corrected chi connectivity index (χ2v) is 8.87. The third-order valence-corrected chi connectivity index (χ3v) is 5.37. The summed E-state index contributed by atoms with van der Waals surface area (Å²) in [6.45, 7) is 0.123. The van der Waals surface area contributed by atoms with Crippen LogP contribution in [0.15, 0.2) is 48.5 Å². The standard InChI is InChI=1S/C30H32N2O14/c1-3-25(35)43-15-23(33)31-21-9-5-19(6-10-21)29(39)45-17-27(37)41-13-14-42-28(38)18-46-30(40)20-7-11-22(12-8-20)32-24(34)16-44-26(36)4-2/h5-12H,3-4,13-18H2,1-2H3,(H,31,33)(H,32,34). The molecular formula is C30H32N2O14. The molecular weight excluding hydrogens is 612 g/mol. The fourth-order valence-electron chi connectivity index (χ4n) is 3.08. The van der Waals surface area contributed by atoms with Gasteiger partial charge in [0.15, 0.2) is 26.4 Å². The minimum Gasteiger partial charge on any atom is -0.460 e. The van der Waals surface area contributed by atoms with Crippen molar-refractivity contribution in [3.8, 4) is 0 Å². The van der Waals surface area contributed by atoms with Gasteiger partial charge in [0.1, 0.15) is 13.2 Å². The Morgan fingerprint density at radius 3 is 1.13 bits per heavy atom. The van der Waals surface area contributed by atoms with Gasteiger partial charge in [0, 0.05) is 24.2 Å². The number of hydrogen-bond acceptors (Lipinski definition) is 14. The molecule has 2 N–H and O–H groups in total. The first-order chi connectivity index (χ1) is 22.0. The van der Waals surface area contributed by atoms with E-state index < -0.39 is 74.1 Å². The fourth-order valence-corrected chi connectivity index (χ4v) is 3.08. The van der Waals surface area contributed by atoms with E-state index in [0.717, 1.165) is 0 Å². The molecule has 0 fully saturated rings. The summed E-state index contributed by atoms with van der Waals surface area (Å²) in [5, 5.41) is 4.97. The Morgan fingerprint density at radius 1 is 0.457 bits per heavy atom. The molecule has 0 aliphatic carbocycles. The van der Waals surface area contributed by atoms with E-state index in [2.05, 4.69) is 10.6 Å². The lowest BCUT2D eigenvalue weighted by molar-refractivity contribution is -0.155. The van der Waals surface area contributed by atoms with Gasteiger partial charge in [-0.3, -0.25) is 19.2 Å². The molecule has 2 rings (SSSR count). The Morgan fingerprint density at radius 2 is 0.804 bits per heavy atom. The average molecular weight is 645 g/mol. The lowest BCUT2D eigenvalue weighted by atomic mass is 10.2. The van der Waals surface area contributed by atoms with Gasteiger partial charge in [-0.05, 0) is 48.5 Å². The van der Waals surface area contributed by atoms with Gasteiger partial charge in [-0.2, -0.15) is 0 Å². The van der Waals surface area contributed by atoms with E-state index in [9.17, 15) is 38.4 Å². The second kappa shape index (κ2) is 19.5. The minimum absolute atomic E-state index is 0.0843. The van der Waals surface area contributed by atoms with Gasteiger partial charge in [0.05, 0.1) is 11.1 Å². The summed E-state index contributed by atoms with van der Waals surface area (Å²) >= 11 is 0. The fraction of sp³-hybridized carbons (Fsp3) is 0.333. The van der Waals surface area contributed by atoms with Crippen molar-refractivity contribution in [2.45, 2.75) is 26.7 Å². The minimum atomic E-state index is -0.914. The molecule has 246 valence electrons. The van der Waals surface area contributed by atoms with E-state index >= 15 is 0 Å². The van der Waals surface area contributed by atoms with Gasteiger partial charge in [-0.1, -0.05) is 13.8 Å². The van der Waals surface area contributed by atoms with Gasteiger partial charge >= 0.3 is 35.8 Å². The molecule has 0 aromatic heterocycles. The molecule has 0 bridgehead atoms. The van der Waals surface area contributed by atoms with Crippen LogP contribution in [0.25, 0.3) is 0 Å². The maximum Gasteiger partial charge on any atom is 0.344 e. The maximum absolute atomic E-state index is 12.1. The predicted molar refractivity (Wildman–Crippen MR) is 155 cm³/mol. The van der Waals surface area contributed by atoms with E-state index in [1.165, 1.54) is 48.5 Å². The van der Waals surface area contributed by atoms with Gasteiger partial charge in [-0.15, -0.1) is 0 Å². The molecule has 0 aliphatic heterocycles. The molecule has 2 amide bonds. The summed E-state index contributed by atoms with van der Waals surface area (Å²) in [6.07, 6.45) is 0.272. The van der Waals surface area contributed by atoms with Gasteiger partial charge < -0.3 is 39.1 Å².